The number of aromatic nitrogens is 3. The molecule has 1 aromatic rings. The number of hydrogen-bond acceptors (Lipinski definition) is 4. The van der Waals surface area contributed by atoms with Gasteiger partial charge in [-0.05, 0) is 0 Å². The second-order valence-corrected chi connectivity index (χ2v) is 1.71. The van der Waals surface area contributed by atoms with E-state index < -0.39 is 0 Å². The highest BCUT2D eigenvalue weighted by atomic mass is 15.4. The van der Waals surface area contributed by atoms with E-state index in [0.717, 1.165) is 0 Å². The van der Waals surface area contributed by atoms with Crippen LogP contribution in [0.5, 0.6) is 0 Å². The Kier molecular flexibility index (Phi) is 1.35. The lowest BCUT2D eigenvalue weighted by Gasteiger charge is -1.90. The fourth-order valence-electron chi connectivity index (χ4n) is 0.616. The van der Waals surface area contributed by atoms with Gasteiger partial charge in [0.2, 0.25) is 5.95 Å². The van der Waals surface area contributed by atoms with Crippen molar-refractivity contribution in [2.45, 2.75) is 6.54 Å². The summed E-state index contributed by atoms with van der Waals surface area (Å²) in [5, 5.41) is 3.79. The van der Waals surface area contributed by atoms with Gasteiger partial charge < -0.3 is 11.5 Å². The first-order valence-corrected chi connectivity index (χ1v) is 2.59. The Bertz CT molecular complexity index is 203. The monoisotopic (exact) mass is 127 g/mol. The molecular weight excluding hydrogens is 118 g/mol. The topological polar surface area (TPSA) is 82.8 Å². The maximum atomic E-state index is 5.29. The molecular formula is C4H9N5. The minimum Gasteiger partial charge on any atom is -0.366 e. The third-order valence-corrected chi connectivity index (χ3v) is 1.05. The van der Waals surface area contributed by atoms with Gasteiger partial charge in [-0.15, -0.1) is 5.10 Å². The van der Waals surface area contributed by atoms with Gasteiger partial charge in [0.15, 0.2) is 0 Å². The summed E-state index contributed by atoms with van der Waals surface area (Å²) in [6, 6.07) is 0. The molecule has 0 aromatic carbocycles. The first kappa shape index (κ1) is 6.03. The molecule has 50 valence electrons. The van der Waals surface area contributed by atoms with E-state index in [0.29, 0.717) is 12.4 Å². The van der Waals surface area contributed by atoms with Gasteiger partial charge in [-0.25, -0.2) is 4.68 Å². The Morgan fingerprint density at radius 3 is 2.56 bits per heavy atom. The minimum absolute atomic E-state index is 0.276. The zero-order chi connectivity index (χ0) is 6.85. The first-order valence-electron chi connectivity index (χ1n) is 2.59. The Balaban J connectivity index is 3.01. The van der Waals surface area contributed by atoms with Crippen molar-refractivity contribution < 1.29 is 0 Å². The van der Waals surface area contributed by atoms with Gasteiger partial charge in [-0.3, -0.25) is 0 Å². The van der Waals surface area contributed by atoms with Crippen molar-refractivity contribution in [1.29, 1.82) is 0 Å². The maximum Gasteiger partial charge on any atom is 0.239 e. The molecule has 1 heterocycles. The van der Waals surface area contributed by atoms with Crippen LogP contribution in [0.25, 0.3) is 0 Å². The quantitative estimate of drug-likeness (QED) is 0.499. The molecule has 0 fully saturated rings. The van der Waals surface area contributed by atoms with Crippen molar-refractivity contribution >= 4 is 5.95 Å². The maximum absolute atomic E-state index is 5.29. The predicted molar refractivity (Wildman–Crippen MR) is 33.3 cm³/mol. The van der Waals surface area contributed by atoms with E-state index in [2.05, 4.69) is 10.1 Å². The molecule has 9 heavy (non-hydrogen) atoms. The van der Waals surface area contributed by atoms with Gasteiger partial charge in [0.05, 0.1) is 6.54 Å². The third kappa shape index (κ3) is 0.996. The van der Waals surface area contributed by atoms with Crippen molar-refractivity contribution in [3.05, 3.63) is 5.82 Å². The van der Waals surface area contributed by atoms with Crippen LogP contribution >= 0.6 is 0 Å². The molecule has 5 heteroatoms. The lowest BCUT2D eigenvalue weighted by Crippen LogP contribution is -2.05. The number of nitrogens with zero attached hydrogens (tertiary/aromatic N) is 3. The van der Waals surface area contributed by atoms with Crippen LogP contribution in [0, 0.1) is 0 Å². The Morgan fingerprint density at radius 2 is 2.33 bits per heavy atom. The van der Waals surface area contributed by atoms with Crippen molar-refractivity contribution in [2.24, 2.45) is 12.8 Å². The summed E-state index contributed by atoms with van der Waals surface area (Å²) in [5.74, 6) is 0.977. The van der Waals surface area contributed by atoms with Crippen molar-refractivity contribution in [1.82, 2.24) is 14.8 Å². The molecule has 1 rings (SSSR count). The smallest absolute Gasteiger partial charge is 0.239 e. The number of rotatable bonds is 1. The second kappa shape index (κ2) is 2.02. The third-order valence-electron chi connectivity index (χ3n) is 1.05. The number of nitrogens with two attached hydrogens (primary N) is 2. The highest BCUT2D eigenvalue weighted by Crippen LogP contribution is 1.94. The summed E-state index contributed by atoms with van der Waals surface area (Å²) in [6.45, 7) is 0.376. The Labute approximate surface area is 52.7 Å². The minimum atomic E-state index is 0.276. The van der Waals surface area contributed by atoms with Crippen LogP contribution in [0.1, 0.15) is 5.82 Å². The Hall–Kier alpha value is -1.10. The molecule has 0 saturated carbocycles. The standard InChI is InChI=1S/C4H9N5/c1-9-3(2-5)7-4(6)8-9/h2,5H2,1H3,(H2,6,8). The van der Waals surface area contributed by atoms with Gasteiger partial charge >= 0.3 is 0 Å². The Morgan fingerprint density at radius 1 is 1.67 bits per heavy atom. The van der Waals surface area contributed by atoms with Crippen molar-refractivity contribution in [3.63, 3.8) is 0 Å². The molecule has 0 aliphatic heterocycles. The van der Waals surface area contributed by atoms with Crippen LogP contribution in [0.15, 0.2) is 0 Å². The van der Waals surface area contributed by atoms with Crippen molar-refractivity contribution in [2.75, 3.05) is 5.73 Å². The molecule has 0 saturated heterocycles. The highest BCUT2D eigenvalue weighted by molar-refractivity contribution is 5.13. The normalized spacial score (nSPS) is 10.0. The summed E-state index contributed by atoms with van der Waals surface area (Å²) >= 11 is 0. The second-order valence-electron chi connectivity index (χ2n) is 1.71. The SMILES string of the molecule is Cn1nc(N)nc1CN. The number of hydrogen-bond donors (Lipinski definition) is 2. The van der Waals surface area contributed by atoms with E-state index in [-0.39, 0.29) is 5.95 Å². The molecule has 0 radical (unpaired) electrons. The number of anilines is 1. The molecule has 0 amide bonds. The van der Waals surface area contributed by atoms with Gasteiger partial charge in [-0.1, -0.05) is 0 Å². The molecule has 1 aromatic heterocycles. The molecule has 0 atom stereocenters. The lowest BCUT2D eigenvalue weighted by molar-refractivity contribution is 0.704. The van der Waals surface area contributed by atoms with Crippen LogP contribution in [0.3, 0.4) is 0 Å². The molecule has 0 aliphatic rings. The van der Waals surface area contributed by atoms with Crippen LogP contribution < -0.4 is 11.5 Å². The van der Waals surface area contributed by atoms with E-state index in [1.165, 1.54) is 0 Å². The van der Waals surface area contributed by atoms with Crippen LogP contribution in [0.4, 0.5) is 5.95 Å². The molecule has 0 bridgehead atoms. The van der Waals surface area contributed by atoms with E-state index in [4.69, 9.17) is 11.5 Å². The lowest BCUT2D eigenvalue weighted by atomic mass is 10.6. The van der Waals surface area contributed by atoms with Gasteiger partial charge in [0, 0.05) is 7.05 Å². The van der Waals surface area contributed by atoms with Gasteiger partial charge in [0.25, 0.3) is 0 Å². The molecule has 0 unspecified atom stereocenters. The molecule has 4 N–H and O–H groups in total. The molecule has 0 aliphatic carbocycles. The first-order chi connectivity index (χ1) is 4.24. The van der Waals surface area contributed by atoms with Crippen molar-refractivity contribution in [3.8, 4) is 0 Å². The van der Waals surface area contributed by atoms with Gasteiger partial charge in [-0.2, -0.15) is 4.98 Å². The number of aryl methyl sites for hydroxylation is 1. The molecule has 0 spiro atoms. The van der Waals surface area contributed by atoms with E-state index in [1.54, 1.807) is 11.7 Å². The summed E-state index contributed by atoms with van der Waals surface area (Å²) in [5.41, 5.74) is 10.5. The van der Waals surface area contributed by atoms with E-state index in [1.807, 2.05) is 0 Å². The fraction of sp³-hybridized carbons (Fsp3) is 0.500. The van der Waals surface area contributed by atoms with Crippen LogP contribution in [-0.2, 0) is 13.6 Å². The highest BCUT2D eigenvalue weighted by Gasteiger charge is 1.98. The largest absolute Gasteiger partial charge is 0.366 e. The zero-order valence-electron chi connectivity index (χ0n) is 5.20. The van der Waals surface area contributed by atoms with Crippen LogP contribution in [0.2, 0.25) is 0 Å². The number of nitrogen functional groups attached to an aromatic ring is 1. The van der Waals surface area contributed by atoms with E-state index >= 15 is 0 Å². The summed E-state index contributed by atoms with van der Waals surface area (Å²) < 4.78 is 1.56. The average Bonchev–Trinajstić information content (AvgIpc) is 2.10. The van der Waals surface area contributed by atoms with Crippen LogP contribution in [-0.4, -0.2) is 14.8 Å². The van der Waals surface area contributed by atoms with E-state index in [9.17, 15) is 0 Å². The zero-order valence-corrected chi connectivity index (χ0v) is 5.20. The fourth-order valence-corrected chi connectivity index (χ4v) is 0.616. The predicted octanol–water partition coefficient (Wildman–Crippen LogP) is -1.14. The summed E-state index contributed by atoms with van der Waals surface area (Å²) in [7, 11) is 1.76. The van der Waals surface area contributed by atoms with Gasteiger partial charge in [0.1, 0.15) is 5.82 Å². The molecule has 5 nitrogen and oxygen atoms in total. The summed E-state index contributed by atoms with van der Waals surface area (Å²) in [4.78, 5) is 3.83. The average molecular weight is 127 g/mol. The summed E-state index contributed by atoms with van der Waals surface area (Å²) in [6.07, 6.45) is 0.